The Bertz CT molecular complexity index is 1010. The van der Waals surface area contributed by atoms with E-state index in [0.29, 0.717) is 21.6 Å². The molecular formula is C15H9ClF3N3O3S. The summed E-state index contributed by atoms with van der Waals surface area (Å²) in [5, 5.41) is 15.2. The Labute approximate surface area is 152 Å². The lowest BCUT2D eigenvalue weighted by Gasteiger charge is -2.08. The smallest absolute Gasteiger partial charge is 0.425 e. The molecule has 11 heteroatoms. The molecule has 0 fully saturated rings. The first-order chi connectivity index (χ1) is 12.1. The number of nitrogens with zero attached hydrogens (tertiary/aromatic N) is 2. The summed E-state index contributed by atoms with van der Waals surface area (Å²) in [4.78, 5) is 22.5. The summed E-state index contributed by atoms with van der Waals surface area (Å²) in [7, 11) is 0. The lowest BCUT2D eigenvalue weighted by Crippen LogP contribution is -2.29. The molecule has 2 amide bonds. The van der Waals surface area contributed by atoms with Gasteiger partial charge in [-0.15, -0.1) is 11.3 Å². The van der Waals surface area contributed by atoms with Crippen LogP contribution in [0.5, 0.6) is 0 Å². The fraction of sp³-hybridized carbons (Fsp3) is 0.133. The van der Waals surface area contributed by atoms with Crippen LogP contribution in [0.3, 0.4) is 0 Å². The minimum absolute atomic E-state index is 0.0147. The standard InChI is InChI=1S/C15H9ClF3N3O3S/c16-8-3-7-5-20-22(6-9-1-2-11(26-9)15(17,18)19)12(7)10(4-8)13(23)21-14(24)25/h1-5H,6H2,(H,21,23)(H,24,25). The Balaban J connectivity index is 2.03. The van der Waals surface area contributed by atoms with Crippen molar-refractivity contribution in [1.29, 1.82) is 0 Å². The minimum Gasteiger partial charge on any atom is -0.465 e. The summed E-state index contributed by atoms with van der Waals surface area (Å²) >= 11 is 6.51. The summed E-state index contributed by atoms with van der Waals surface area (Å²) < 4.78 is 39.5. The van der Waals surface area contributed by atoms with Crippen molar-refractivity contribution in [1.82, 2.24) is 15.1 Å². The van der Waals surface area contributed by atoms with Gasteiger partial charge in [0.05, 0.1) is 23.8 Å². The first-order valence-corrected chi connectivity index (χ1v) is 8.20. The van der Waals surface area contributed by atoms with Crippen LogP contribution in [-0.2, 0) is 12.7 Å². The maximum absolute atomic E-state index is 12.7. The van der Waals surface area contributed by atoms with Crippen LogP contribution in [0.25, 0.3) is 10.9 Å². The molecule has 3 aromatic rings. The topological polar surface area (TPSA) is 84.2 Å². The van der Waals surface area contributed by atoms with Crippen LogP contribution in [0.1, 0.15) is 20.1 Å². The second-order valence-electron chi connectivity index (χ2n) is 5.22. The number of aromatic nitrogens is 2. The molecule has 6 nitrogen and oxygen atoms in total. The van der Waals surface area contributed by atoms with Crippen LogP contribution in [0.15, 0.2) is 30.5 Å². The lowest BCUT2D eigenvalue weighted by atomic mass is 10.1. The molecule has 0 spiro atoms. The van der Waals surface area contributed by atoms with Crippen LogP contribution in [-0.4, -0.2) is 26.9 Å². The molecule has 136 valence electrons. The highest BCUT2D eigenvalue weighted by Gasteiger charge is 2.32. The second-order valence-corrected chi connectivity index (χ2v) is 6.82. The van der Waals surface area contributed by atoms with Crippen LogP contribution >= 0.6 is 22.9 Å². The summed E-state index contributed by atoms with van der Waals surface area (Å²) in [5.41, 5.74) is 0.232. The molecule has 0 saturated carbocycles. The SMILES string of the molecule is O=C(O)NC(=O)c1cc(Cl)cc2cnn(Cc3ccc(C(F)(F)F)s3)c12. The van der Waals surface area contributed by atoms with Gasteiger partial charge in [0, 0.05) is 15.3 Å². The average Bonchev–Trinajstić information content (AvgIpc) is 3.13. The highest BCUT2D eigenvalue weighted by atomic mass is 35.5. The number of imide groups is 1. The van der Waals surface area contributed by atoms with Crippen molar-refractivity contribution in [2.45, 2.75) is 12.7 Å². The van der Waals surface area contributed by atoms with Crippen molar-refractivity contribution in [3.8, 4) is 0 Å². The van der Waals surface area contributed by atoms with Crippen molar-refractivity contribution >= 4 is 45.8 Å². The number of hydrogen-bond donors (Lipinski definition) is 2. The van der Waals surface area contributed by atoms with Crippen LogP contribution in [0, 0.1) is 0 Å². The number of nitrogens with one attached hydrogen (secondary N) is 1. The van der Waals surface area contributed by atoms with Gasteiger partial charge >= 0.3 is 12.3 Å². The zero-order valence-corrected chi connectivity index (χ0v) is 14.2. The number of benzene rings is 1. The Morgan fingerprint density at radius 2 is 2.04 bits per heavy atom. The summed E-state index contributed by atoms with van der Waals surface area (Å²) in [6, 6.07) is 5.10. The van der Waals surface area contributed by atoms with E-state index in [4.69, 9.17) is 16.7 Å². The van der Waals surface area contributed by atoms with Gasteiger partial charge in [-0.1, -0.05) is 11.6 Å². The molecule has 2 N–H and O–H groups in total. The molecule has 0 unspecified atom stereocenters. The number of halogens is 4. The summed E-state index contributed by atoms with van der Waals surface area (Å²) in [6.45, 7) is -0.0147. The van der Waals surface area contributed by atoms with E-state index in [1.54, 1.807) is 5.32 Å². The average molecular weight is 404 g/mol. The van der Waals surface area contributed by atoms with Crippen LogP contribution in [0.4, 0.5) is 18.0 Å². The summed E-state index contributed by atoms with van der Waals surface area (Å²) in [6.07, 6.45) is -4.58. The van der Waals surface area contributed by atoms with Gasteiger partial charge < -0.3 is 5.11 Å². The zero-order chi connectivity index (χ0) is 19.1. The number of rotatable bonds is 3. The van der Waals surface area contributed by atoms with Gasteiger partial charge in [-0.25, -0.2) is 4.79 Å². The van der Waals surface area contributed by atoms with Crippen LogP contribution in [0.2, 0.25) is 5.02 Å². The molecule has 2 heterocycles. The third-order valence-electron chi connectivity index (χ3n) is 3.41. The quantitative estimate of drug-likeness (QED) is 0.685. The van der Waals surface area contributed by atoms with Crippen LogP contribution < -0.4 is 5.32 Å². The third-order valence-corrected chi connectivity index (χ3v) is 4.74. The zero-order valence-electron chi connectivity index (χ0n) is 12.7. The molecule has 0 aliphatic rings. The summed E-state index contributed by atoms with van der Waals surface area (Å²) in [5.74, 6) is -0.908. The molecular weight excluding hydrogens is 395 g/mol. The molecule has 3 rings (SSSR count). The number of carboxylic acid groups (broad SMARTS) is 1. The Kier molecular flexibility index (Phi) is 4.63. The van der Waals surface area contributed by atoms with Crippen molar-refractivity contribution in [3.05, 3.63) is 50.8 Å². The van der Waals surface area contributed by atoms with E-state index in [0.717, 1.165) is 6.07 Å². The normalized spacial score (nSPS) is 11.7. The Hall–Kier alpha value is -2.59. The number of amides is 2. The van der Waals surface area contributed by atoms with E-state index in [1.807, 2.05) is 0 Å². The van der Waals surface area contributed by atoms with E-state index in [2.05, 4.69) is 5.10 Å². The van der Waals surface area contributed by atoms with Crippen molar-refractivity contribution < 1.29 is 27.9 Å². The molecule has 0 aliphatic heterocycles. The van der Waals surface area contributed by atoms with E-state index in [1.165, 1.54) is 29.1 Å². The highest BCUT2D eigenvalue weighted by molar-refractivity contribution is 7.12. The van der Waals surface area contributed by atoms with Crippen molar-refractivity contribution in [2.75, 3.05) is 0 Å². The molecule has 2 aromatic heterocycles. The van der Waals surface area contributed by atoms with Gasteiger partial charge in [0.15, 0.2) is 0 Å². The predicted molar refractivity (Wildman–Crippen MR) is 88.7 cm³/mol. The highest BCUT2D eigenvalue weighted by Crippen LogP contribution is 2.35. The first kappa shape index (κ1) is 18.2. The van der Waals surface area contributed by atoms with Gasteiger partial charge in [-0.3, -0.25) is 14.8 Å². The van der Waals surface area contributed by atoms with Gasteiger partial charge in [0.1, 0.15) is 4.88 Å². The molecule has 0 atom stereocenters. The third kappa shape index (κ3) is 3.65. The van der Waals surface area contributed by atoms with E-state index >= 15 is 0 Å². The molecule has 0 saturated heterocycles. The van der Waals surface area contributed by atoms with Gasteiger partial charge in [0.2, 0.25) is 0 Å². The number of carbonyl (C=O) groups is 2. The number of thiophene rings is 1. The monoisotopic (exact) mass is 403 g/mol. The molecule has 26 heavy (non-hydrogen) atoms. The van der Waals surface area contributed by atoms with Gasteiger partial charge in [-0.2, -0.15) is 18.3 Å². The van der Waals surface area contributed by atoms with Crippen molar-refractivity contribution in [2.24, 2.45) is 0 Å². The minimum atomic E-state index is -4.44. The number of hydrogen-bond acceptors (Lipinski definition) is 4. The molecule has 0 bridgehead atoms. The number of alkyl halides is 3. The lowest BCUT2D eigenvalue weighted by molar-refractivity contribution is -0.134. The molecule has 1 aromatic carbocycles. The first-order valence-electron chi connectivity index (χ1n) is 7.00. The Morgan fingerprint density at radius 3 is 2.65 bits per heavy atom. The van der Waals surface area contributed by atoms with E-state index in [-0.39, 0.29) is 22.6 Å². The predicted octanol–water partition coefficient (Wildman–Crippen LogP) is 4.23. The molecule has 0 radical (unpaired) electrons. The fourth-order valence-corrected chi connectivity index (χ4v) is 3.50. The number of fused-ring (bicyclic) bond motifs is 1. The fourth-order valence-electron chi connectivity index (χ4n) is 2.42. The number of carbonyl (C=O) groups excluding carboxylic acids is 1. The van der Waals surface area contributed by atoms with Gasteiger partial charge in [-0.05, 0) is 24.3 Å². The Morgan fingerprint density at radius 1 is 1.31 bits per heavy atom. The second kappa shape index (κ2) is 6.61. The van der Waals surface area contributed by atoms with E-state index in [9.17, 15) is 22.8 Å². The maximum atomic E-state index is 12.7. The largest absolute Gasteiger partial charge is 0.465 e. The van der Waals surface area contributed by atoms with E-state index < -0.39 is 23.1 Å². The molecule has 0 aliphatic carbocycles. The van der Waals surface area contributed by atoms with Gasteiger partial charge in [0.25, 0.3) is 5.91 Å². The maximum Gasteiger partial charge on any atom is 0.425 e. The van der Waals surface area contributed by atoms with Crippen molar-refractivity contribution in [3.63, 3.8) is 0 Å².